The number of halogens is 3. The fourth-order valence-electron chi connectivity index (χ4n) is 2.17. The summed E-state index contributed by atoms with van der Waals surface area (Å²) < 4.78 is 43.2. The van der Waals surface area contributed by atoms with Gasteiger partial charge in [-0.2, -0.15) is 13.2 Å². The summed E-state index contributed by atoms with van der Waals surface area (Å²) in [5, 5.41) is 6.05. The Hall–Kier alpha value is -1.34. The average Bonchev–Trinajstić information content (AvgIpc) is 2.91. The number of ether oxygens (including phenoxy) is 1. The Bertz CT molecular complexity index is 487. The molecule has 1 unspecified atom stereocenters. The lowest BCUT2D eigenvalue weighted by molar-refractivity contribution is -0.137. The van der Waals surface area contributed by atoms with Crippen molar-refractivity contribution in [2.75, 3.05) is 18.5 Å². The topological polar surface area (TPSA) is 33.3 Å². The maximum Gasteiger partial charge on any atom is 0.416 e. The molecule has 7 heteroatoms. The van der Waals surface area contributed by atoms with Gasteiger partial charge in [0.25, 0.3) is 0 Å². The lowest BCUT2D eigenvalue weighted by Crippen LogP contribution is -2.31. The predicted molar refractivity (Wildman–Crippen MR) is 79.3 cm³/mol. The second-order valence-corrected chi connectivity index (χ2v) is 5.29. The van der Waals surface area contributed by atoms with E-state index in [1.807, 2.05) is 0 Å². The van der Waals surface area contributed by atoms with Crippen molar-refractivity contribution in [3.63, 3.8) is 0 Å². The molecule has 1 aromatic carbocycles. The van der Waals surface area contributed by atoms with Gasteiger partial charge in [-0.25, -0.2) is 0 Å². The van der Waals surface area contributed by atoms with Gasteiger partial charge in [0.2, 0.25) is 0 Å². The number of benzene rings is 1. The molecule has 0 radical (unpaired) electrons. The third-order valence-corrected chi connectivity index (χ3v) is 3.47. The van der Waals surface area contributed by atoms with Crippen molar-refractivity contribution in [2.24, 2.45) is 0 Å². The van der Waals surface area contributed by atoms with E-state index in [-0.39, 0.29) is 6.10 Å². The maximum absolute atomic E-state index is 12.6. The van der Waals surface area contributed by atoms with Crippen LogP contribution in [0.4, 0.5) is 18.9 Å². The summed E-state index contributed by atoms with van der Waals surface area (Å²) >= 11 is 5.07. The molecule has 0 saturated carbocycles. The van der Waals surface area contributed by atoms with Crippen LogP contribution in [0, 0.1) is 0 Å². The van der Waals surface area contributed by atoms with Crippen molar-refractivity contribution < 1.29 is 17.9 Å². The molecule has 3 nitrogen and oxygen atoms in total. The summed E-state index contributed by atoms with van der Waals surface area (Å²) in [5.74, 6) is 0. The molecule has 0 spiro atoms. The highest BCUT2D eigenvalue weighted by Gasteiger charge is 2.30. The molecule has 1 aromatic rings. The van der Waals surface area contributed by atoms with Gasteiger partial charge in [-0.15, -0.1) is 0 Å². The van der Waals surface area contributed by atoms with Crippen LogP contribution in [0.1, 0.15) is 24.8 Å². The minimum absolute atomic E-state index is 0.258. The number of hydrogen-bond donors (Lipinski definition) is 2. The molecule has 1 atom stereocenters. The molecule has 0 aliphatic carbocycles. The van der Waals surface area contributed by atoms with Crippen molar-refractivity contribution in [2.45, 2.75) is 31.5 Å². The van der Waals surface area contributed by atoms with Gasteiger partial charge in [0.1, 0.15) is 0 Å². The zero-order chi connectivity index (χ0) is 15.3. The molecule has 1 aliphatic heterocycles. The van der Waals surface area contributed by atoms with Crippen LogP contribution >= 0.6 is 12.2 Å². The van der Waals surface area contributed by atoms with Gasteiger partial charge in [0, 0.05) is 18.8 Å². The molecular weight excluding hydrogens is 301 g/mol. The summed E-state index contributed by atoms with van der Waals surface area (Å²) in [6.07, 6.45) is -1.13. The van der Waals surface area contributed by atoms with Crippen LogP contribution in [-0.4, -0.2) is 24.4 Å². The summed E-state index contributed by atoms with van der Waals surface area (Å²) in [6.45, 7) is 1.44. The van der Waals surface area contributed by atoms with Crippen molar-refractivity contribution in [3.05, 3.63) is 29.8 Å². The fraction of sp³-hybridized carbons (Fsp3) is 0.500. The quantitative estimate of drug-likeness (QED) is 0.832. The van der Waals surface area contributed by atoms with Crippen molar-refractivity contribution in [1.29, 1.82) is 0 Å². The molecule has 0 amide bonds. The molecule has 2 rings (SSSR count). The van der Waals surface area contributed by atoms with Crippen LogP contribution in [0.5, 0.6) is 0 Å². The van der Waals surface area contributed by atoms with Crippen LogP contribution in [0.15, 0.2) is 24.3 Å². The second-order valence-electron chi connectivity index (χ2n) is 4.88. The molecule has 0 bridgehead atoms. The number of rotatable bonds is 4. The first-order valence-corrected chi connectivity index (χ1v) is 7.20. The second kappa shape index (κ2) is 7.09. The standard InChI is InChI=1S/C14H17F3N2OS/c15-14(16,17)10-3-1-4-11(9-10)19-13(21)18-7-6-12-5-2-8-20-12/h1,3-4,9,12H,2,5-8H2,(H2,18,19,21). The van der Waals surface area contributed by atoms with E-state index in [0.717, 1.165) is 38.0 Å². The largest absolute Gasteiger partial charge is 0.416 e. The smallest absolute Gasteiger partial charge is 0.378 e. The lowest BCUT2D eigenvalue weighted by atomic mass is 10.2. The summed E-state index contributed by atoms with van der Waals surface area (Å²) in [4.78, 5) is 0. The van der Waals surface area contributed by atoms with Crippen LogP contribution < -0.4 is 10.6 Å². The minimum atomic E-state index is -4.35. The highest BCUT2D eigenvalue weighted by atomic mass is 32.1. The van der Waals surface area contributed by atoms with Crippen molar-refractivity contribution in [1.82, 2.24) is 5.32 Å². The van der Waals surface area contributed by atoms with Gasteiger partial charge in [-0.3, -0.25) is 0 Å². The Morgan fingerprint density at radius 3 is 2.86 bits per heavy atom. The van der Waals surface area contributed by atoms with E-state index in [0.29, 0.717) is 17.3 Å². The van der Waals surface area contributed by atoms with Crippen LogP contribution in [0.2, 0.25) is 0 Å². The number of nitrogens with one attached hydrogen (secondary N) is 2. The van der Waals surface area contributed by atoms with E-state index in [4.69, 9.17) is 17.0 Å². The predicted octanol–water partition coefficient (Wildman–Crippen LogP) is 3.56. The number of alkyl halides is 3. The third kappa shape index (κ3) is 5.17. The monoisotopic (exact) mass is 318 g/mol. The van der Waals surface area contributed by atoms with Gasteiger partial charge in [-0.1, -0.05) is 6.07 Å². The summed E-state index contributed by atoms with van der Waals surface area (Å²) in [7, 11) is 0. The van der Waals surface area contributed by atoms with Gasteiger partial charge in [0.15, 0.2) is 5.11 Å². The highest BCUT2D eigenvalue weighted by molar-refractivity contribution is 7.80. The first-order valence-electron chi connectivity index (χ1n) is 6.79. The van der Waals surface area contributed by atoms with Crippen molar-refractivity contribution in [3.8, 4) is 0 Å². The Kier molecular flexibility index (Phi) is 5.41. The minimum Gasteiger partial charge on any atom is -0.378 e. The molecule has 1 aliphatic rings. The highest BCUT2D eigenvalue weighted by Crippen LogP contribution is 2.30. The fourth-order valence-corrected chi connectivity index (χ4v) is 2.39. The van der Waals surface area contributed by atoms with E-state index >= 15 is 0 Å². The average molecular weight is 318 g/mol. The maximum atomic E-state index is 12.6. The summed E-state index contributed by atoms with van der Waals surface area (Å²) in [6, 6.07) is 4.95. The van der Waals surface area contributed by atoms with Crippen LogP contribution in [0.3, 0.4) is 0 Å². The zero-order valence-corrected chi connectivity index (χ0v) is 12.2. The van der Waals surface area contributed by atoms with E-state index in [1.165, 1.54) is 6.07 Å². The van der Waals surface area contributed by atoms with E-state index in [9.17, 15) is 13.2 Å². The van der Waals surface area contributed by atoms with Crippen LogP contribution in [-0.2, 0) is 10.9 Å². The lowest BCUT2D eigenvalue weighted by Gasteiger charge is -2.14. The van der Waals surface area contributed by atoms with Gasteiger partial charge in [0.05, 0.1) is 11.7 Å². The Morgan fingerprint density at radius 1 is 1.38 bits per heavy atom. The molecular formula is C14H17F3N2OS. The Morgan fingerprint density at radius 2 is 2.19 bits per heavy atom. The molecule has 0 aromatic heterocycles. The number of anilines is 1. The van der Waals surface area contributed by atoms with Gasteiger partial charge in [-0.05, 0) is 49.7 Å². The Balaban J connectivity index is 1.79. The van der Waals surface area contributed by atoms with Gasteiger partial charge < -0.3 is 15.4 Å². The van der Waals surface area contributed by atoms with Crippen LogP contribution in [0.25, 0.3) is 0 Å². The molecule has 1 fully saturated rings. The molecule has 1 heterocycles. The molecule has 21 heavy (non-hydrogen) atoms. The SMILES string of the molecule is FC(F)(F)c1cccc(NC(=S)NCCC2CCCO2)c1. The molecule has 1 saturated heterocycles. The number of hydrogen-bond acceptors (Lipinski definition) is 2. The Labute approximate surface area is 126 Å². The molecule has 116 valence electrons. The third-order valence-electron chi connectivity index (χ3n) is 3.22. The zero-order valence-electron chi connectivity index (χ0n) is 11.4. The van der Waals surface area contributed by atoms with E-state index in [1.54, 1.807) is 6.07 Å². The van der Waals surface area contributed by atoms with Gasteiger partial charge >= 0.3 is 6.18 Å². The first-order chi connectivity index (χ1) is 9.95. The van der Waals surface area contributed by atoms with Crippen molar-refractivity contribution >= 4 is 23.0 Å². The van der Waals surface area contributed by atoms with E-state index in [2.05, 4.69) is 10.6 Å². The first kappa shape index (κ1) is 16.0. The molecule has 2 N–H and O–H groups in total. The summed E-state index contributed by atoms with van der Waals surface area (Å²) in [5.41, 5.74) is -0.380. The van der Waals surface area contributed by atoms with E-state index < -0.39 is 11.7 Å². The number of thiocarbonyl (C=S) groups is 1. The normalized spacial score (nSPS) is 18.5.